The summed E-state index contributed by atoms with van der Waals surface area (Å²) in [6.45, 7) is 11.1. The standard InChI is InChI=1S/C20H31N3O2/c1-13(2)18(14-6-8-15(9-7-14)20(3,4)5)21-12-17(24)23-19(25)22-16-10-11-16/h6-9,13,16,18,21H,10-12H2,1-5H3,(H2,22,23,24,25)/p+1/t18-/m0/s1. The van der Waals surface area contributed by atoms with Crippen LogP contribution in [-0.2, 0) is 10.2 Å². The Balaban J connectivity index is 1.91. The van der Waals surface area contributed by atoms with E-state index in [9.17, 15) is 9.59 Å². The molecule has 1 aliphatic rings. The molecule has 0 heterocycles. The van der Waals surface area contributed by atoms with Crippen molar-refractivity contribution in [2.45, 2.75) is 65.0 Å². The lowest BCUT2D eigenvalue weighted by Crippen LogP contribution is -2.88. The van der Waals surface area contributed by atoms with Crippen molar-refractivity contribution in [3.05, 3.63) is 35.4 Å². The molecular weight excluding hydrogens is 314 g/mol. The number of imide groups is 1. The molecule has 2 rings (SSSR count). The molecule has 138 valence electrons. The normalized spacial score (nSPS) is 15.8. The summed E-state index contributed by atoms with van der Waals surface area (Å²) in [4.78, 5) is 23.6. The van der Waals surface area contributed by atoms with Gasteiger partial charge in [-0.2, -0.15) is 0 Å². The molecule has 1 aromatic rings. The molecule has 0 saturated heterocycles. The molecule has 0 bridgehead atoms. The van der Waals surface area contributed by atoms with Gasteiger partial charge < -0.3 is 10.6 Å². The Kier molecular flexibility index (Phi) is 6.22. The molecule has 0 unspecified atom stereocenters. The molecule has 0 radical (unpaired) electrons. The third kappa shape index (κ3) is 6.16. The summed E-state index contributed by atoms with van der Waals surface area (Å²) in [7, 11) is 0. The summed E-state index contributed by atoms with van der Waals surface area (Å²) in [5, 5.41) is 7.18. The van der Waals surface area contributed by atoms with Crippen LogP contribution < -0.4 is 16.0 Å². The Morgan fingerprint density at radius 2 is 1.76 bits per heavy atom. The van der Waals surface area contributed by atoms with Gasteiger partial charge >= 0.3 is 6.03 Å². The van der Waals surface area contributed by atoms with E-state index in [4.69, 9.17) is 0 Å². The lowest BCUT2D eigenvalue weighted by Gasteiger charge is -2.22. The van der Waals surface area contributed by atoms with Crippen molar-refractivity contribution in [1.82, 2.24) is 10.6 Å². The van der Waals surface area contributed by atoms with E-state index in [0.717, 1.165) is 12.8 Å². The fourth-order valence-corrected chi connectivity index (χ4v) is 2.86. The SMILES string of the molecule is CC(C)[C@H]([NH2+]CC(=O)NC(=O)NC1CC1)c1ccc(C(C)(C)C)cc1. The molecule has 1 aliphatic carbocycles. The highest BCUT2D eigenvalue weighted by molar-refractivity contribution is 5.94. The van der Waals surface area contributed by atoms with Gasteiger partial charge in [0.05, 0.1) is 0 Å². The van der Waals surface area contributed by atoms with E-state index in [1.807, 2.05) is 5.32 Å². The van der Waals surface area contributed by atoms with E-state index >= 15 is 0 Å². The molecule has 5 heteroatoms. The summed E-state index contributed by atoms with van der Waals surface area (Å²) in [5.74, 6) is 0.128. The van der Waals surface area contributed by atoms with Gasteiger partial charge in [0, 0.05) is 17.5 Å². The molecule has 3 amide bonds. The fourth-order valence-electron chi connectivity index (χ4n) is 2.86. The molecule has 4 N–H and O–H groups in total. The monoisotopic (exact) mass is 346 g/mol. The number of hydrogen-bond donors (Lipinski definition) is 3. The van der Waals surface area contributed by atoms with Crippen LogP contribution in [0.4, 0.5) is 4.79 Å². The van der Waals surface area contributed by atoms with Gasteiger partial charge in [-0.3, -0.25) is 10.1 Å². The van der Waals surface area contributed by atoms with Gasteiger partial charge in [0.25, 0.3) is 5.91 Å². The Morgan fingerprint density at radius 3 is 2.24 bits per heavy atom. The molecule has 5 nitrogen and oxygen atoms in total. The van der Waals surface area contributed by atoms with Crippen LogP contribution in [0, 0.1) is 5.92 Å². The van der Waals surface area contributed by atoms with Crippen molar-refractivity contribution >= 4 is 11.9 Å². The number of benzene rings is 1. The summed E-state index contributed by atoms with van der Waals surface area (Å²) in [5.41, 5.74) is 2.64. The number of nitrogens with one attached hydrogen (secondary N) is 2. The number of urea groups is 1. The minimum atomic E-state index is -0.378. The molecule has 0 spiro atoms. The van der Waals surface area contributed by atoms with Crippen LogP contribution in [0.5, 0.6) is 0 Å². The van der Waals surface area contributed by atoms with Gasteiger partial charge in [-0.1, -0.05) is 58.9 Å². The van der Waals surface area contributed by atoms with Crippen LogP contribution in [0.2, 0.25) is 0 Å². The highest BCUT2D eigenvalue weighted by atomic mass is 16.2. The molecule has 1 aromatic carbocycles. The maximum atomic E-state index is 12.0. The zero-order valence-corrected chi connectivity index (χ0v) is 16.1. The number of nitrogens with two attached hydrogens (primary N) is 1. The van der Waals surface area contributed by atoms with Crippen LogP contribution in [0.1, 0.15) is 64.6 Å². The summed E-state index contributed by atoms with van der Waals surface area (Å²) < 4.78 is 0. The number of rotatable bonds is 6. The van der Waals surface area contributed by atoms with Crippen LogP contribution in [-0.4, -0.2) is 24.5 Å². The summed E-state index contributed by atoms with van der Waals surface area (Å²) >= 11 is 0. The highest BCUT2D eigenvalue weighted by Crippen LogP contribution is 2.25. The smallest absolute Gasteiger partial charge is 0.321 e. The average Bonchev–Trinajstić information content (AvgIpc) is 3.30. The first-order chi connectivity index (χ1) is 11.7. The van der Waals surface area contributed by atoms with Crippen molar-refractivity contribution in [1.29, 1.82) is 0 Å². The second kappa shape index (κ2) is 8.00. The third-order valence-corrected chi connectivity index (χ3v) is 4.60. The van der Waals surface area contributed by atoms with Gasteiger partial charge in [0.2, 0.25) is 0 Å². The number of carbonyl (C=O) groups excluding carboxylic acids is 2. The lowest BCUT2D eigenvalue weighted by molar-refractivity contribution is -0.692. The first kappa shape index (κ1) is 19.4. The second-order valence-corrected chi connectivity index (χ2v) is 8.38. The van der Waals surface area contributed by atoms with Crippen LogP contribution >= 0.6 is 0 Å². The van der Waals surface area contributed by atoms with Crippen molar-refractivity contribution in [2.24, 2.45) is 5.92 Å². The number of amides is 3. The van der Waals surface area contributed by atoms with E-state index in [-0.39, 0.29) is 36.0 Å². The van der Waals surface area contributed by atoms with E-state index in [0.29, 0.717) is 5.92 Å². The number of quaternary nitrogens is 1. The van der Waals surface area contributed by atoms with Crippen molar-refractivity contribution in [3.63, 3.8) is 0 Å². The predicted octanol–water partition coefficient (Wildman–Crippen LogP) is 2.23. The van der Waals surface area contributed by atoms with Crippen molar-refractivity contribution < 1.29 is 14.9 Å². The predicted molar refractivity (Wildman–Crippen MR) is 99.2 cm³/mol. The first-order valence-electron chi connectivity index (χ1n) is 9.21. The zero-order chi connectivity index (χ0) is 18.6. The van der Waals surface area contributed by atoms with E-state index in [2.05, 4.69) is 69.5 Å². The van der Waals surface area contributed by atoms with Crippen molar-refractivity contribution in [3.8, 4) is 0 Å². The second-order valence-electron chi connectivity index (χ2n) is 8.38. The maximum Gasteiger partial charge on any atom is 0.321 e. The maximum absolute atomic E-state index is 12.0. The largest absolute Gasteiger partial charge is 0.335 e. The summed E-state index contributed by atoms with van der Waals surface area (Å²) in [6.07, 6.45) is 2.02. The first-order valence-corrected chi connectivity index (χ1v) is 9.21. The number of carbonyl (C=O) groups is 2. The minimum Gasteiger partial charge on any atom is -0.335 e. The molecule has 25 heavy (non-hydrogen) atoms. The van der Waals surface area contributed by atoms with E-state index < -0.39 is 0 Å². The topological polar surface area (TPSA) is 74.8 Å². The van der Waals surface area contributed by atoms with Crippen LogP contribution in [0.25, 0.3) is 0 Å². The van der Waals surface area contributed by atoms with Crippen molar-refractivity contribution in [2.75, 3.05) is 6.54 Å². The van der Waals surface area contributed by atoms with Gasteiger partial charge in [-0.15, -0.1) is 0 Å². The third-order valence-electron chi connectivity index (χ3n) is 4.60. The average molecular weight is 346 g/mol. The molecule has 0 aliphatic heterocycles. The van der Waals surface area contributed by atoms with E-state index in [1.54, 1.807) is 0 Å². The molecule has 1 atom stereocenters. The summed E-state index contributed by atoms with van der Waals surface area (Å²) in [6, 6.07) is 8.70. The minimum absolute atomic E-state index is 0.129. The zero-order valence-electron chi connectivity index (χ0n) is 16.1. The molecule has 1 fully saturated rings. The molecule has 0 aromatic heterocycles. The molecule has 1 saturated carbocycles. The van der Waals surface area contributed by atoms with E-state index in [1.165, 1.54) is 11.1 Å². The Labute approximate surface area is 151 Å². The Morgan fingerprint density at radius 1 is 1.16 bits per heavy atom. The van der Waals surface area contributed by atoms with Crippen LogP contribution in [0.3, 0.4) is 0 Å². The van der Waals surface area contributed by atoms with Crippen LogP contribution in [0.15, 0.2) is 24.3 Å². The Hall–Kier alpha value is -1.88. The molecular formula is C20H32N3O2+. The quantitative estimate of drug-likeness (QED) is 0.739. The van der Waals surface area contributed by atoms with Gasteiger partial charge in [-0.25, -0.2) is 4.79 Å². The fraction of sp³-hybridized carbons (Fsp3) is 0.600. The lowest BCUT2D eigenvalue weighted by atomic mass is 9.85. The van der Waals surface area contributed by atoms with Gasteiger partial charge in [0.15, 0.2) is 6.54 Å². The van der Waals surface area contributed by atoms with Gasteiger partial charge in [0.1, 0.15) is 6.04 Å². The Bertz CT molecular complexity index is 598. The number of hydrogen-bond acceptors (Lipinski definition) is 2. The van der Waals surface area contributed by atoms with Gasteiger partial charge in [-0.05, 0) is 23.8 Å². The highest BCUT2D eigenvalue weighted by Gasteiger charge is 2.25.